The zero-order chi connectivity index (χ0) is 13.1. The average molecular weight is 313 g/mol. The molecule has 1 heterocycles. The standard InChI is InChI=1S/C14H21BrN2O/c1-10-5-6-17(9-10)14(8-16)12-7-11(18-2)3-4-13(12)15/h3-4,7,10,14H,5-6,8-9,16H2,1-2H3. The average Bonchev–Trinajstić information content (AvgIpc) is 2.79. The van der Waals surface area contributed by atoms with Crippen LogP contribution in [0.2, 0.25) is 0 Å². The molecule has 4 heteroatoms. The second-order valence-electron chi connectivity index (χ2n) is 5.03. The summed E-state index contributed by atoms with van der Waals surface area (Å²) in [6.07, 6.45) is 1.26. The molecule has 0 aromatic heterocycles. The summed E-state index contributed by atoms with van der Waals surface area (Å²) in [6, 6.07) is 6.37. The van der Waals surface area contributed by atoms with E-state index in [4.69, 9.17) is 10.5 Å². The molecule has 0 saturated carbocycles. The van der Waals surface area contributed by atoms with Crippen LogP contribution in [0.15, 0.2) is 22.7 Å². The van der Waals surface area contributed by atoms with E-state index in [9.17, 15) is 0 Å². The van der Waals surface area contributed by atoms with Crippen LogP contribution < -0.4 is 10.5 Å². The van der Waals surface area contributed by atoms with Gasteiger partial charge in [0.25, 0.3) is 0 Å². The molecular weight excluding hydrogens is 292 g/mol. The molecule has 1 aromatic rings. The van der Waals surface area contributed by atoms with Crippen LogP contribution in [-0.2, 0) is 0 Å². The van der Waals surface area contributed by atoms with Crippen molar-refractivity contribution in [2.45, 2.75) is 19.4 Å². The molecule has 1 saturated heterocycles. The van der Waals surface area contributed by atoms with Gasteiger partial charge in [-0.3, -0.25) is 4.90 Å². The van der Waals surface area contributed by atoms with Gasteiger partial charge in [-0.05, 0) is 42.6 Å². The molecular formula is C14H21BrN2O. The highest BCUT2D eigenvalue weighted by atomic mass is 79.9. The maximum atomic E-state index is 5.99. The highest BCUT2D eigenvalue weighted by Gasteiger charge is 2.27. The number of nitrogens with zero attached hydrogens (tertiary/aromatic N) is 1. The lowest BCUT2D eigenvalue weighted by atomic mass is 10.1. The summed E-state index contributed by atoms with van der Waals surface area (Å²) in [5.74, 6) is 1.65. The van der Waals surface area contributed by atoms with E-state index in [0.29, 0.717) is 6.54 Å². The number of halogens is 1. The molecule has 2 N–H and O–H groups in total. The minimum absolute atomic E-state index is 0.277. The van der Waals surface area contributed by atoms with Gasteiger partial charge in [0, 0.05) is 23.6 Å². The Labute approximate surface area is 117 Å². The monoisotopic (exact) mass is 312 g/mol. The minimum Gasteiger partial charge on any atom is -0.497 e. The third-order valence-corrected chi connectivity index (χ3v) is 4.40. The lowest BCUT2D eigenvalue weighted by Gasteiger charge is -2.28. The third-order valence-electron chi connectivity index (χ3n) is 3.68. The number of nitrogens with two attached hydrogens (primary N) is 1. The number of benzene rings is 1. The summed E-state index contributed by atoms with van der Waals surface area (Å²) in [7, 11) is 1.70. The van der Waals surface area contributed by atoms with E-state index in [0.717, 1.165) is 29.2 Å². The molecule has 100 valence electrons. The van der Waals surface area contributed by atoms with Gasteiger partial charge < -0.3 is 10.5 Å². The van der Waals surface area contributed by atoms with Crippen molar-refractivity contribution in [1.82, 2.24) is 4.90 Å². The molecule has 1 aromatic carbocycles. The van der Waals surface area contributed by atoms with E-state index < -0.39 is 0 Å². The first-order chi connectivity index (χ1) is 8.65. The fourth-order valence-electron chi connectivity index (χ4n) is 2.63. The van der Waals surface area contributed by atoms with Crippen LogP contribution >= 0.6 is 15.9 Å². The Balaban J connectivity index is 2.26. The smallest absolute Gasteiger partial charge is 0.119 e. The Kier molecular flexibility index (Phi) is 4.65. The second kappa shape index (κ2) is 6.04. The van der Waals surface area contributed by atoms with Gasteiger partial charge in [0.1, 0.15) is 5.75 Å². The molecule has 2 unspecified atom stereocenters. The van der Waals surface area contributed by atoms with Crippen LogP contribution in [0.5, 0.6) is 5.75 Å². The third kappa shape index (κ3) is 2.87. The van der Waals surface area contributed by atoms with Crippen LogP contribution in [0.3, 0.4) is 0 Å². The second-order valence-corrected chi connectivity index (χ2v) is 5.88. The summed E-state index contributed by atoms with van der Waals surface area (Å²) in [5.41, 5.74) is 7.21. The van der Waals surface area contributed by atoms with E-state index in [1.54, 1.807) is 7.11 Å². The van der Waals surface area contributed by atoms with Crippen molar-refractivity contribution in [2.75, 3.05) is 26.7 Å². The molecule has 2 atom stereocenters. The van der Waals surface area contributed by atoms with E-state index in [1.807, 2.05) is 12.1 Å². The van der Waals surface area contributed by atoms with Crippen molar-refractivity contribution in [1.29, 1.82) is 0 Å². The quantitative estimate of drug-likeness (QED) is 0.929. The van der Waals surface area contributed by atoms with Gasteiger partial charge in [0.2, 0.25) is 0 Å². The minimum atomic E-state index is 0.277. The van der Waals surface area contributed by atoms with Crippen LogP contribution in [0.1, 0.15) is 24.9 Å². The normalized spacial score (nSPS) is 22.1. The fourth-order valence-corrected chi connectivity index (χ4v) is 3.14. The lowest BCUT2D eigenvalue weighted by molar-refractivity contribution is 0.242. The van der Waals surface area contributed by atoms with Crippen LogP contribution in [0.25, 0.3) is 0 Å². The van der Waals surface area contributed by atoms with Gasteiger partial charge in [-0.25, -0.2) is 0 Å². The number of ether oxygens (including phenoxy) is 1. The lowest BCUT2D eigenvalue weighted by Crippen LogP contribution is -2.32. The SMILES string of the molecule is COc1ccc(Br)c(C(CN)N2CCC(C)C2)c1. The number of hydrogen-bond acceptors (Lipinski definition) is 3. The Bertz CT molecular complexity index is 411. The van der Waals surface area contributed by atoms with Crippen molar-refractivity contribution < 1.29 is 4.74 Å². The van der Waals surface area contributed by atoms with Crippen LogP contribution in [0, 0.1) is 5.92 Å². The van der Waals surface area contributed by atoms with Crippen LogP contribution in [-0.4, -0.2) is 31.6 Å². The Morgan fingerprint density at radius 2 is 2.33 bits per heavy atom. The fraction of sp³-hybridized carbons (Fsp3) is 0.571. The molecule has 0 radical (unpaired) electrons. The Hall–Kier alpha value is -0.580. The maximum absolute atomic E-state index is 5.99. The maximum Gasteiger partial charge on any atom is 0.119 e. The molecule has 18 heavy (non-hydrogen) atoms. The molecule has 1 fully saturated rings. The van der Waals surface area contributed by atoms with Gasteiger partial charge in [0.05, 0.1) is 7.11 Å². The van der Waals surface area contributed by atoms with Gasteiger partial charge in [-0.15, -0.1) is 0 Å². The summed E-state index contributed by atoms with van der Waals surface area (Å²) < 4.78 is 6.42. The summed E-state index contributed by atoms with van der Waals surface area (Å²) in [4.78, 5) is 2.48. The van der Waals surface area contributed by atoms with Gasteiger partial charge in [-0.2, -0.15) is 0 Å². The first-order valence-corrected chi connectivity index (χ1v) is 7.22. The number of hydrogen-bond donors (Lipinski definition) is 1. The largest absolute Gasteiger partial charge is 0.497 e. The zero-order valence-corrected chi connectivity index (χ0v) is 12.6. The molecule has 1 aliphatic heterocycles. The van der Waals surface area contributed by atoms with E-state index in [-0.39, 0.29) is 6.04 Å². The molecule has 0 bridgehead atoms. The first-order valence-electron chi connectivity index (χ1n) is 6.43. The zero-order valence-electron chi connectivity index (χ0n) is 11.0. The van der Waals surface area contributed by atoms with Crippen molar-refractivity contribution in [3.05, 3.63) is 28.2 Å². The van der Waals surface area contributed by atoms with E-state index >= 15 is 0 Å². The number of methoxy groups -OCH3 is 1. The molecule has 1 aliphatic rings. The predicted octanol–water partition coefficient (Wildman–Crippen LogP) is 2.80. The number of likely N-dealkylation sites (tertiary alicyclic amines) is 1. The molecule has 2 rings (SSSR count). The Morgan fingerprint density at radius 1 is 1.56 bits per heavy atom. The molecule has 0 aliphatic carbocycles. The van der Waals surface area contributed by atoms with Gasteiger partial charge in [0.15, 0.2) is 0 Å². The van der Waals surface area contributed by atoms with E-state index in [1.165, 1.54) is 12.0 Å². The highest BCUT2D eigenvalue weighted by Crippen LogP contribution is 2.33. The van der Waals surface area contributed by atoms with Gasteiger partial charge >= 0.3 is 0 Å². The summed E-state index contributed by atoms with van der Waals surface area (Å²) >= 11 is 3.63. The first kappa shape index (κ1) is 13.8. The topological polar surface area (TPSA) is 38.5 Å². The Morgan fingerprint density at radius 3 is 2.89 bits per heavy atom. The molecule has 0 spiro atoms. The summed E-state index contributed by atoms with van der Waals surface area (Å²) in [5, 5.41) is 0. The molecule has 0 amide bonds. The van der Waals surface area contributed by atoms with Gasteiger partial charge in [-0.1, -0.05) is 22.9 Å². The van der Waals surface area contributed by atoms with Crippen molar-refractivity contribution in [2.24, 2.45) is 11.7 Å². The van der Waals surface area contributed by atoms with Crippen molar-refractivity contribution in [3.63, 3.8) is 0 Å². The van der Waals surface area contributed by atoms with E-state index in [2.05, 4.69) is 33.8 Å². The summed E-state index contributed by atoms with van der Waals surface area (Å²) in [6.45, 7) is 5.20. The highest BCUT2D eigenvalue weighted by molar-refractivity contribution is 9.10. The van der Waals surface area contributed by atoms with Crippen LogP contribution in [0.4, 0.5) is 0 Å². The number of rotatable bonds is 4. The predicted molar refractivity (Wildman–Crippen MR) is 77.8 cm³/mol. The van der Waals surface area contributed by atoms with Crippen molar-refractivity contribution >= 4 is 15.9 Å². The molecule has 3 nitrogen and oxygen atoms in total. The van der Waals surface area contributed by atoms with Crippen molar-refractivity contribution in [3.8, 4) is 5.75 Å².